The van der Waals surface area contributed by atoms with Gasteiger partial charge in [-0.25, -0.2) is 0 Å². The second-order valence-electron chi connectivity index (χ2n) is 8.02. The van der Waals surface area contributed by atoms with Crippen LogP contribution in [0.3, 0.4) is 0 Å². The summed E-state index contributed by atoms with van der Waals surface area (Å²) in [5.74, 6) is 2.84. The number of nitrogens with zero attached hydrogens (tertiary/aromatic N) is 3. The number of aryl methyl sites for hydroxylation is 1. The summed E-state index contributed by atoms with van der Waals surface area (Å²) in [7, 11) is 0. The molecular formula is C19H29N3O. The molecule has 1 aromatic heterocycles. The van der Waals surface area contributed by atoms with Crippen molar-refractivity contribution in [2.24, 2.45) is 17.8 Å². The molecule has 126 valence electrons. The molecule has 1 saturated heterocycles. The molecule has 0 unspecified atom stereocenters. The van der Waals surface area contributed by atoms with Crippen molar-refractivity contribution in [1.82, 2.24) is 14.7 Å². The summed E-state index contributed by atoms with van der Waals surface area (Å²) in [5.41, 5.74) is 1.20. The van der Waals surface area contributed by atoms with E-state index in [2.05, 4.69) is 23.1 Å². The Balaban J connectivity index is 1.40. The lowest BCUT2D eigenvalue weighted by molar-refractivity contribution is -0.136. The van der Waals surface area contributed by atoms with E-state index in [1.54, 1.807) is 0 Å². The number of hydrogen-bond donors (Lipinski definition) is 0. The Labute approximate surface area is 139 Å². The standard InChI is InChI=1S/C19H29N3O/c1-14-11-20-21(12-14)13-17-4-2-3-9-22(17)19(23)10-18(15-5-6-15)16-7-8-16/h11-12,15-18H,2-10,13H2,1H3/t17-/m1/s1. The van der Waals surface area contributed by atoms with Crippen LogP contribution in [0.25, 0.3) is 0 Å². The maximum absolute atomic E-state index is 13.0. The molecule has 2 aliphatic carbocycles. The van der Waals surface area contributed by atoms with Crippen LogP contribution < -0.4 is 0 Å². The van der Waals surface area contributed by atoms with Gasteiger partial charge in [-0.2, -0.15) is 5.10 Å². The molecule has 4 rings (SSSR count). The van der Waals surface area contributed by atoms with Gasteiger partial charge in [-0.15, -0.1) is 0 Å². The van der Waals surface area contributed by atoms with E-state index in [0.29, 0.717) is 17.9 Å². The second-order valence-corrected chi connectivity index (χ2v) is 8.02. The summed E-state index contributed by atoms with van der Waals surface area (Å²) in [6, 6.07) is 0.342. The molecule has 0 radical (unpaired) electrons. The van der Waals surface area contributed by atoms with Crippen LogP contribution in [0.4, 0.5) is 0 Å². The van der Waals surface area contributed by atoms with Gasteiger partial charge in [-0.1, -0.05) is 0 Å². The zero-order chi connectivity index (χ0) is 15.8. The summed E-state index contributed by atoms with van der Waals surface area (Å²) >= 11 is 0. The van der Waals surface area contributed by atoms with Crippen molar-refractivity contribution >= 4 is 5.91 Å². The largest absolute Gasteiger partial charge is 0.338 e. The SMILES string of the molecule is Cc1cnn(C[C@H]2CCCCN2C(=O)CC(C2CC2)C2CC2)c1. The smallest absolute Gasteiger partial charge is 0.223 e. The minimum Gasteiger partial charge on any atom is -0.338 e. The third-order valence-corrected chi connectivity index (χ3v) is 5.97. The van der Waals surface area contributed by atoms with Gasteiger partial charge in [0.05, 0.1) is 18.8 Å². The molecule has 2 saturated carbocycles. The van der Waals surface area contributed by atoms with Crippen molar-refractivity contribution in [3.8, 4) is 0 Å². The van der Waals surface area contributed by atoms with Crippen LogP contribution in [0.1, 0.15) is 56.9 Å². The minimum atomic E-state index is 0.342. The molecule has 0 bridgehead atoms. The lowest BCUT2D eigenvalue weighted by atomic mass is 9.92. The van der Waals surface area contributed by atoms with Crippen LogP contribution in [-0.4, -0.2) is 33.2 Å². The van der Waals surface area contributed by atoms with Crippen LogP contribution in [0.15, 0.2) is 12.4 Å². The number of amides is 1. The maximum Gasteiger partial charge on any atom is 0.223 e. The summed E-state index contributed by atoms with van der Waals surface area (Å²) in [6.45, 7) is 3.88. The normalized spacial score (nSPS) is 25.1. The Morgan fingerprint density at radius 3 is 2.57 bits per heavy atom. The van der Waals surface area contributed by atoms with Gasteiger partial charge in [0.2, 0.25) is 5.91 Å². The highest BCUT2D eigenvalue weighted by Gasteiger charge is 2.43. The predicted octanol–water partition coefficient (Wildman–Crippen LogP) is 3.40. The van der Waals surface area contributed by atoms with Gasteiger partial charge in [-0.05, 0) is 75.2 Å². The Kier molecular flexibility index (Phi) is 4.16. The zero-order valence-electron chi connectivity index (χ0n) is 14.3. The molecule has 4 nitrogen and oxygen atoms in total. The number of likely N-dealkylation sites (tertiary alicyclic amines) is 1. The van der Waals surface area contributed by atoms with Gasteiger partial charge in [0.1, 0.15) is 0 Å². The van der Waals surface area contributed by atoms with Crippen LogP contribution in [0.2, 0.25) is 0 Å². The molecule has 3 fully saturated rings. The Hall–Kier alpha value is -1.32. The van der Waals surface area contributed by atoms with Gasteiger partial charge >= 0.3 is 0 Å². The first-order valence-corrected chi connectivity index (χ1v) is 9.49. The van der Waals surface area contributed by atoms with Gasteiger partial charge in [0, 0.05) is 19.2 Å². The molecule has 1 aliphatic heterocycles. The highest BCUT2D eigenvalue weighted by Crippen LogP contribution is 2.51. The van der Waals surface area contributed by atoms with Crippen molar-refractivity contribution in [3.63, 3.8) is 0 Å². The van der Waals surface area contributed by atoms with Gasteiger partial charge in [-0.3, -0.25) is 9.48 Å². The highest BCUT2D eigenvalue weighted by molar-refractivity contribution is 5.77. The molecule has 0 aromatic carbocycles. The topological polar surface area (TPSA) is 38.1 Å². The quantitative estimate of drug-likeness (QED) is 0.807. The third-order valence-electron chi connectivity index (χ3n) is 5.97. The number of piperidine rings is 1. The number of rotatable bonds is 6. The molecule has 1 amide bonds. The zero-order valence-corrected chi connectivity index (χ0v) is 14.3. The second kappa shape index (κ2) is 6.29. The maximum atomic E-state index is 13.0. The van der Waals surface area contributed by atoms with Crippen molar-refractivity contribution in [3.05, 3.63) is 18.0 Å². The number of carbonyl (C=O) groups excluding carboxylic acids is 1. The molecule has 1 atom stereocenters. The minimum absolute atomic E-state index is 0.342. The molecule has 23 heavy (non-hydrogen) atoms. The highest BCUT2D eigenvalue weighted by atomic mass is 16.2. The van der Waals surface area contributed by atoms with Crippen LogP contribution in [-0.2, 0) is 11.3 Å². The molecule has 2 heterocycles. The summed E-state index contributed by atoms with van der Waals surface area (Å²) in [5, 5.41) is 4.42. The van der Waals surface area contributed by atoms with Crippen molar-refractivity contribution in [2.45, 2.75) is 70.9 Å². The fourth-order valence-corrected chi connectivity index (χ4v) is 4.39. The lowest BCUT2D eigenvalue weighted by Gasteiger charge is -2.36. The first-order valence-electron chi connectivity index (χ1n) is 9.49. The Bertz CT molecular complexity index is 547. The van der Waals surface area contributed by atoms with Crippen molar-refractivity contribution in [1.29, 1.82) is 0 Å². The van der Waals surface area contributed by atoms with E-state index in [1.807, 2.05) is 10.9 Å². The Morgan fingerprint density at radius 2 is 1.96 bits per heavy atom. The first kappa shape index (κ1) is 15.2. The van der Waals surface area contributed by atoms with E-state index in [9.17, 15) is 4.79 Å². The van der Waals surface area contributed by atoms with Crippen LogP contribution in [0, 0.1) is 24.7 Å². The number of carbonyl (C=O) groups is 1. The van der Waals surface area contributed by atoms with E-state index in [4.69, 9.17) is 0 Å². The first-order chi connectivity index (χ1) is 11.2. The molecule has 4 heteroatoms. The van der Waals surface area contributed by atoms with E-state index < -0.39 is 0 Å². The fourth-order valence-electron chi connectivity index (χ4n) is 4.39. The summed E-state index contributed by atoms with van der Waals surface area (Å²) in [6.07, 6.45) is 13.8. The average molecular weight is 315 g/mol. The van der Waals surface area contributed by atoms with E-state index >= 15 is 0 Å². The predicted molar refractivity (Wildman–Crippen MR) is 89.9 cm³/mol. The number of aromatic nitrogens is 2. The molecular weight excluding hydrogens is 286 g/mol. The molecule has 0 spiro atoms. The van der Waals surface area contributed by atoms with Crippen LogP contribution in [0.5, 0.6) is 0 Å². The molecule has 3 aliphatic rings. The molecule has 1 aromatic rings. The number of hydrogen-bond acceptors (Lipinski definition) is 2. The monoisotopic (exact) mass is 315 g/mol. The van der Waals surface area contributed by atoms with Crippen molar-refractivity contribution in [2.75, 3.05) is 6.54 Å². The summed E-state index contributed by atoms with van der Waals surface area (Å²) in [4.78, 5) is 15.2. The van der Waals surface area contributed by atoms with Gasteiger partial charge in [0.25, 0.3) is 0 Å². The van der Waals surface area contributed by atoms with E-state index in [1.165, 1.54) is 37.7 Å². The summed E-state index contributed by atoms with van der Waals surface area (Å²) < 4.78 is 2.02. The van der Waals surface area contributed by atoms with E-state index in [-0.39, 0.29) is 0 Å². The lowest BCUT2D eigenvalue weighted by Crippen LogP contribution is -2.46. The van der Waals surface area contributed by atoms with Gasteiger partial charge < -0.3 is 4.90 Å². The average Bonchev–Trinajstić information content (AvgIpc) is 3.45. The fraction of sp³-hybridized carbons (Fsp3) is 0.789. The Morgan fingerprint density at radius 1 is 1.22 bits per heavy atom. The molecule has 0 N–H and O–H groups in total. The van der Waals surface area contributed by atoms with Gasteiger partial charge in [0.15, 0.2) is 0 Å². The van der Waals surface area contributed by atoms with Crippen LogP contribution >= 0.6 is 0 Å². The van der Waals surface area contributed by atoms with Crippen molar-refractivity contribution < 1.29 is 4.79 Å². The third kappa shape index (κ3) is 3.61. The van der Waals surface area contributed by atoms with E-state index in [0.717, 1.165) is 44.2 Å².